The van der Waals surface area contributed by atoms with Crippen LogP contribution in [-0.4, -0.2) is 45.5 Å². The molecular formula is C26H23ClN6O. The molecule has 0 saturated carbocycles. The van der Waals surface area contributed by atoms with Gasteiger partial charge >= 0.3 is 0 Å². The van der Waals surface area contributed by atoms with Crippen molar-refractivity contribution in [3.8, 4) is 16.8 Å². The molecule has 1 fully saturated rings. The molecular weight excluding hydrogens is 448 g/mol. The number of fused-ring (bicyclic) bond motifs is 3. The largest absolute Gasteiger partial charge is 0.368 e. The fourth-order valence-corrected chi connectivity index (χ4v) is 5.01. The topological polar surface area (TPSA) is 68.0 Å². The lowest BCUT2D eigenvalue weighted by Crippen LogP contribution is -2.43. The Morgan fingerprint density at radius 2 is 1.82 bits per heavy atom. The van der Waals surface area contributed by atoms with Crippen molar-refractivity contribution in [2.24, 2.45) is 7.05 Å². The predicted octanol–water partition coefficient (Wildman–Crippen LogP) is 4.00. The average molecular weight is 471 g/mol. The maximum Gasteiger partial charge on any atom is 0.255 e. The molecule has 4 heterocycles. The SMILES string of the molecule is Cn1cc(-c2ccc3ncc4ccc(=O)n(-c5ccc(N6CCNCC6)c(Cl)c5)c4c3c2)cn1. The van der Waals surface area contributed by atoms with E-state index in [4.69, 9.17) is 11.6 Å². The summed E-state index contributed by atoms with van der Waals surface area (Å²) in [4.78, 5) is 20.1. The molecule has 1 aliphatic heterocycles. The number of aromatic nitrogens is 4. The number of anilines is 1. The molecule has 1 aliphatic rings. The summed E-state index contributed by atoms with van der Waals surface area (Å²) in [5.74, 6) is 0. The number of hydrogen-bond donors (Lipinski definition) is 1. The van der Waals surface area contributed by atoms with Crippen LogP contribution < -0.4 is 15.8 Å². The lowest BCUT2D eigenvalue weighted by atomic mass is 10.0. The summed E-state index contributed by atoms with van der Waals surface area (Å²) in [7, 11) is 1.90. The Morgan fingerprint density at radius 1 is 0.971 bits per heavy atom. The van der Waals surface area contributed by atoms with Gasteiger partial charge in [0.2, 0.25) is 0 Å². The second kappa shape index (κ2) is 8.27. The van der Waals surface area contributed by atoms with Gasteiger partial charge in [0.1, 0.15) is 0 Å². The summed E-state index contributed by atoms with van der Waals surface area (Å²) >= 11 is 6.74. The third-order valence-corrected chi connectivity index (χ3v) is 6.71. The summed E-state index contributed by atoms with van der Waals surface area (Å²) in [5, 5.41) is 10.1. The molecule has 0 atom stereocenters. The zero-order valence-corrected chi connectivity index (χ0v) is 19.5. The van der Waals surface area contributed by atoms with Gasteiger partial charge in [-0.25, -0.2) is 0 Å². The van der Waals surface area contributed by atoms with Crippen molar-refractivity contribution in [3.05, 3.63) is 82.5 Å². The fourth-order valence-electron chi connectivity index (χ4n) is 4.71. The molecule has 0 amide bonds. The normalized spacial score (nSPS) is 14.2. The van der Waals surface area contributed by atoms with E-state index in [1.165, 1.54) is 0 Å². The van der Waals surface area contributed by atoms with Crippen LogP contribution in [0.25, 0.3) is 38.6 Å². The van der Waals surface area contributed by atoms with Crippen molar-refractivity contribution in [2.45, 2.75) is 0 Å². The Kier molecular flexibility index (Phi) is 5.08. The van der Waals surface area contributed by atoms with E-state index in [-0.39, 0.29) is 5.56 Å². The Bertz CT molecular complexity index is 1600. The summed E-state index contributed by atoms with van der Waals surface area (Å²) in [5.41, 5.74) is 5.28. The molecule has 1 N–H and O–H groups in total. The molecule has 5 aromatic rings. The van der Waals surface area contributed by atoms with Crippen LogP contribution in [0.15, 0.2) is 71.9 Å². The van der Waals surface area contributed by atoms with Gasteiger partial charge in [0, 0.05) is 68.0 Å². The van der Waals surface area contributed by atoms with Crippen LogP contribution in [0.2, 0.25) is 5.02 Å². The minimum atomic E-state index is -0.113. The van der Waals surface area contributed by atoms with Gasteiger partial charge in [-0.2, -0.15) is 5.10 Å². The van der Waals surface area contributed by atoms with E-state index in [9.17, 15) is 4.79 Å². The molecule has 0 aliphatic carbocycles. The number of piperazine rings is 1. The van der Waals surface area contributed by atoms with E-state index in [0.29, 0.717) is 5.02 Å². The van der Waals surface area contributed by atoms with Crippen LogP contribution in [-0.2, 0) is 7.05 Å². The number of hydrogen-bond acceptors (Lipinski definition) is 5. The highest BCUT2D eigenvalue weighted by molar-refractivity contribution is 6.33. The zero-order valence-electron chi connectivity index (χ0n) is 18.7. The van der Waals surface area contributed by atoms with E-state index >= 15 is 0 Å². The molecule has 0 bridgehead atoms. The van der Waals surface area contributed by atoms with Crippen LogP contribution in [0.4, 0.5) is 5.69 Å². The van der Waals surface area contributed by atoms with Gasteiger partial charge in [0.25, 0.3) is 5.56 Å². The number of halogens is 1. The van der Waals surface area contributed by atoms with Crippen molar-refractivity contribution in [1.29, 1.82) is 0 Å². The second-order valence-corrected chi connectivity index (χ2v) is 8.98. The van der Waals surface area contributed by atoms with E-state index in [0.717, 1.165) is 70.5 Å². The van der Waals surface area contributed by atoms with Crippen molar-refractivity contribution in [2.75, 3.05) is 31.1 Å². The first-order valence-electron chi connectivity index (χ1n) is 11.3. The van der Waals surface area contributed by atoms with E-state index in [1.54, 1.807) is 15.3 Å². The number of nitrogens with one attached hydrogen (secondary N) is 1. The highest BCUT2D eigenvalue weighted by Gasteiger charge is 2.16. The average Bonchev–Trinajstić information content (AvgIpc) is 3.30. The van der Waals surface area contributed by atoms with Crippen LogP contribution >= 0.6 is 11.6 Å². The monoisotopic (exact) mass is 470 g/mol. The van der Waals surface area contributed by atoms with Crippen LogP contribution in [0.3, 0.4) is 0 Å². The quantitative estimate of drug-likeness (QED) is 0.404. The maximum atomic E-state index is 13.2. The van der Waals surface area contributed by atoms with Crippen LogP contribution in [0.5, 0.6) is 0 Å². The second-order valence-electron chi connectivity index (χ2n) is 8.58. The van der Waals surface area contributed by atoms with Gasteiger partial charge in [-0.05, 0) is 42.0 Å². The molecule has 0 radical (unpaired) electrons. The highest BCUT2D eigenvalue weighted by atomic mass is 35.5. The minimum absolute atomic E-state index is 0.113. The number of pyridine rings is 2. The molecule has 3 aromatic heterocycles. The smallest absolute Gasteiger partial charge is 0.255 e. The minimum Gasteiger partial charge on any atom is -0.368 e. The van der Waals surface area contributed by atoms with E-state index < -0.39 is 0 Å². The van der Waals surface area contributed by atoms with Crippen molar-refractivity contribution in [3.63, 3.8) is 0 Å². The number of benzene rings is 2. The molecule has 34 heavy (non-hydrogen) atoms. The van der Waals surface area contributed by atoms with Gasteiger partial charge in [0.15, 0.2) is 0 Å². The molecule has 0 spiro atoms. The van der Waals surface area contributed by atoms with Crippen molar-refractivity contribution < 1.29 is 0 Å². The van der Waals surface area contributed by atoms with Gasteiger partial charge in [-0.1, -0.05) is 17.7 Å². The zero-order chi connectivity index (χ0) is 23.2. The summed E-state index contributed by atoms with van der Waals surface area (Å²) in [6.45, 7) is 3.67. The van der Waals surface area contributed by atoms with E-state index in [2.05, 4.69) is 26.4 Å². The molecule has 8 heteroatoms. The van der Waals surface area contributed by atoms with Crippen LogP contribution in [0.1, 0.15) is 0 Å². The van der Waals surface area contributed by atoms with Crippen molar-refractivity contribution in [1.82, 2.24) is 24.6 Å². The first kappa shape index (κ1) is 20.9. The Hall–Kier alpha value is -3.68. The third kappa shape index (κ3) is 3.54. The first-order chi connectivity index (χ1) is 16.6. The lowest BCUT2D eigenvalue weighted by molar-refractivity contribution is 0.589. The molecule has 7 nitrogen and oxygen atoms in total. The number of aryl methyl sites for hydroxylation is 1. The molecule has 170 valence electrons. The standard InChI is InChI=1S/C26H23ClN6O/c1-31-16-19(15-30-31)17-2-5-23-21(12-17)26-18(14-29-23)3-7-25(34)33(26)20-4-6-24(22(27)13-20)32-10-8-28-9-11-32/h2-7,12-16,28H,8-11H2,1H3. The Labute approximate surface area is 201 Å². The van der Waals surface area contributed by atoms with Gasteiger partial charge in [-0.3, -0.25) is 19.0 Å². The predicted molar refractivity (Wildman–Crippen MR) is 137 cm³/mol. The fraction of sp³-hybridized carbons (Fsp3) is 0.192. The van der Waals surface area contributed by atoms with E-state index in [1.807, 2.05) is 62.0 Å². The maximum absolute atomic E-state index is 13.2. The molecule has 0 unspecified atom stereocenters. The lowest BCUT2D eigenvalue weighted by Gasteiger charge is -2.30. The van der Waals surface area contributed by atoms with Crippen LogP contribution in [0, 0.1) is 0 Å². The van der Waals surface area contributed by atoms with Gasteiger partial charge < -0.3 is 10.2 Å². The molecule has 2 aromatic carbocycles. The summed E-state index contributed by atoms with van der Waals surface area (Å²) in [6, 6.07) is 15.4. The third-order valence-electron chi connectivity index (χ3n) is 6.40. The molecule has 6 rings (SSSR count). The van der Waals surface area contributed by atoms with Gasteiger partial charge in [-0.15, -0.1) is 0 Å². The molecule has 1 saturated heterocycles. The Morgan fingerprint density at radius 3 is 2.59 bits per heavy atom. The summed E-state index contributed by atoms with van der Waals surface area (Å²) < 4.78 is 3.51. The van der Waals surface area contributed by atoms with Crippen molar-refractivity contribution >= 4 is 39.1 Å². The first-order valence-corrected chi connectivity index (χ1v) is 11.7. The van der Waals surface area contributed by atoms with Gasteiger partial charge in [0.05, 0.1) is 33.6 Å². The summed E-state index contributed by atoms with van der Waals surface area (Å²) in [6.07, 6.45) is 5.62. The highest BCUT2D eigenvalue weighted by Crippen LogP contribution is 2.32. The number of nitrogens with zero attached hydrogens (tertiary/aromatic N) is 5. The number of rotatable bonds is 3. The Balaban J connectivity index is 1.57.